The van der Waals surface area contributed by atoms with Crippen LogP contribution in [0.3, 0.4) is 0 Å². The molecule has 4 rings (SSSR count). The van der Waals surface area contributed by atoms with Gasteiger partial charge in [0, 0.05) is 19.1 Å². The van der Waals surface area contributed by atoms with Crippen LogP contribution in [0.2, 0.25) is 0 Å². The highest BCUT2D eigenvalue weighted by Crippen LogP contribution is 2.24. The number of rotatable bonds is 7. The molecule has 5 nitrogen and oxygen atoms in total. The van der Waals surface area contributed by atoms with E-state index in [2.05, 4.69) is 70.2 Å². The Morgan fingerprint density at radius 1 is 1.07 bits per heavy atom. The van der Waals surface area contributed by atoms with E-state index in [1.165, 1.54) is 31.5 Å². The van der Waals surface area contributed by atoms with Crippen LogP contribution in [0.4, 0.5) is 0 Å². The van der Waals surface area contributed by atoms with Crippen LogP contribution in [-0.2, 0) is 13.0 Å². The van der Waals surface area contributed by atoms with E-state index < -0.39 is 0 Å². The number of hydrogen-bond donors (Lipinski definition) is 2. The zero-order valence-electron chi connectivity index (χ0n) is 16.4. The van der Waals surface area contributed by atoms with E-state index in [0.717, 1.165) is 44.0 Å². The summed E-state index contributed by atoms with van der Waals surface area (Å²) in [5.41, 5.74) is 7.90. The van der Waals surface area contributed by atoms with Crippen molar-refractivity contribution in [2.45, 2.75) is 44.3 Å². The topological polar surface area (TPSA) is 43.7 Å². The Balaban J connectivity index is 1.42. The first-order chi connectivity index (χ1) is 13.3. The highest BCUT2D eigenvalue weighted by molar-refractivity contribution is 5.15. The van der Waals surface area contributed by atoms with Crippen molar-refractivity contribution in [1.82, 2.24) is 20.7 Å². The van der Waals surface area contributed by atoms with Crippen LogP contribution in [0.1, 0.15) is 42.4 Å². The lowest BCUT2D eigenvalue weighted by molar-refractivity contribution is 0.108. The summed E-state index contributed by atoms with van der Waals surface area (Å²) in [4.78, 5) is 5.08. The SMILES string of the molecule is CN1CCC(N(CCc2ccccc2)Cc2ccc(C3CCNN3)o2)CC1. The number of nitrogens with zero attached hydrogens (tertiary/aromatic N) is 2. The molecule has 0 amide bonds. The average molecular weight is 369 g/mol. The lowest BCUT2D eigenvalue weighted by Crippen LogP contribution is -2.44. The molecule has 0 bridgehead atoms. The Hall–Kier alpha value is -1.66. The predicted octanol–water partition coefficient (Wildman–Crippen LogP) is 2.96. The van der Waals surface area contributed by atoms with Crippen molar-refractivity contribution in [2.75, 3.05) is 33.2 Å². The zero-order chi connectivity index (χ0) is 18.5. The number of furan rings is 1. The van der Waals surface area contributed by atoms with Gasteiger partial charge in [-0.25, -0.2) is 5.43 Å². The molecule has 0 aliphatic carbocycles. The summed E-state index contributed by atoms with van der Waals surface area (Å²) in [5.74, 6) is 2.15. The number of likely N-dealkylation sites (tertiary alicyclic amines) is 1. The fourth-order valence-electron chi connectivity index (χ4n) is 4.23. The molecule has 0 spiro atoms. The van der Waals surface area contributed by atoms with Crippen LogP contribution in [0.5, 0.6) is 0 Å². The van der Waals surface area contributed by atoms with Gasteiger partial charge in [0.15, 0.2) is 0 Å². The minimum Gasteiger partial charge on any atom is -0.463 e. The first-order valence-corrected chi connectivity index (χ1v) is 10.3. The molecule has 1 aromatic carbocycles. The summed E-state index contributed by atoms with van der Waals surface area (Å²) in [6.07, 6.45) is 4.66. The van der Waals surface area contributed by atoms with E-state index in [0.29, 0.717) is 12.1 Å². The van der Waals surface area contributed by atoms with Crippen molar-refractivity contribution >= 4 is 0 Å². The maximum atomic E-state index is 6.21. The van der Waals surface area contributed by atoms with Crippen molar-refractivity contribution < 1.29 is 4.42 Å². The van der Waals surface area contributed by atoms with E-state index in [9.17, 15) is 0 Å². The second-order valence-electron chi connectivity index (χ2n) is 7.96. The molecule has 0 radical (unpaired) electrons. The molecule has 3 heterocycles. The third-order valence-electron chi connectivity index (χ3n) is 5.95. The normalized spacial score (nSPS) is 21.9. The third kappa shape index (κ3) is 4.99. The fourth-order valence-corrected chi connectivity index (χ4v) is 4.23. The lowest BCUT2D eigenvalue weighted by atomic mass is 10.0. The Morgan fingerprint density at radius 2 is 1.89 bits per heavy atom. The highest BCUT2D eigenvalue weighted by Gasteiger charge is 2.25. The Morgan fingerprint density at radius 3 is 2.63 bits per heavy atom. The summed E-state index contributed by atoms with van der Waals surface area (Å²) in [6, 6.07) is 16.1. The van der Waals surface area contributed by atoms with Crippen molar-refractivity contribution in [3.8, 4) is 0 Å². The molecule has 2 N–H and O–H groups in total. The molecular formula is C22H32N4O. The van der Waals surface area contributed by atoms with Crippen LogP contribution >= 0.6 is 0 Å². The van der Waals surface area contributed by atoms with Gasteiger partial charge in [-0.1, -0.05) is 30.3 Å². The van der Waals surface area contributed by atoms with E-state index in [1.807, 2.05) is 0 Å². The molecule has 146 valence electrons. The first-order valence-electron chi connectivity index (χ1n) is 10.3. The molecule has 27 heavy (non-hydrogen) atoms. The maximum Gasteiger partial charge on any atom is 0.122 e. The van der Waals surface area contributed by atoms with Crippen LogP contribution < -0.4 is 10.9 Å². The second kappa shape index (κ2) is 9.02. The molecule has 2 aliphatic rings. The molecule has 1 unspecified atom stereocenters. The zero-order valence-corrected chi connectivity index (χ0v) is 16.4. The molecule has 1 atom stereocenters. The molecule has 2 aromatic rings. The summed E-state index contributed by atoms with van der Waals surface area (Å²) < 4.78 is 6.21. The first kappa shape index (κ1) is 18.7. The molecule has 0 saturated carbocycles. The molecule has 2 fully saturated rings. The van der Waals surface area contributed by atoms with Crippen molar-refractivity contribution in [3.63, 3.8) is 0 Å². The van der Waals surface area contributed by atoms with Gasteiger partial charge in [0.25, 0.3) is 0 Å². The van der Waals surface area contributed by atoms with Crippen LogP contribution in [0.25, 0.3) is 0 Å². The predicted molar refractivity (Wildman–Crippen MR) is 108 cm³/mol. The van der Waals surface area contributed by atoms with E-state index in [4.69, 9.17) is 4.42 Å². The summed E-state index contributed by atoms with van der Waals surface area (Å²) in [6.45, 7) is 5.36. The molecule has 1 aromatic heterocycles. The summed E-state index contributed by atoms with van der Waals surface area (Å²) >= 11 is 0. The van der Waals surface area contributed by atoms with E-state index in [1.54, 1.807) is 0 Å². The smallest absolute Gasteiger partial charge is 0.122 e. The van der Waals surface area contributed by atoms with Gasteiger partial charge in [-0.3, -0.25) is 10.3 Å². The van der Waals surface area contributed by atoms with Gasteiger partial charge < -0.3 is 9.32 Å². The van der Waals surface area contributed by atoms with Gasteiger partial charge in [0.2, 0.25) is 0 Å². The standard InChI is InChI=1S/C22H32N4O/c1-25-14-11-19(12-15-25)26(16-10-18-5-3-2-4-6-18)17-20-7-8-22(27-20)21-9-13-23-24-21/h2-8,19,21,23-24H,9-17H2,1H3. The van der Waals surface area contributed by atoms with E-state index >= 15 is 0 Å². The number of piperidine rings is 1. The quantitative estimate of drug-likeness (QED) is 0.787. The van der Waals surface area contributed by atoms with Gasteiger partial charge in [0.1, 0.15) is 11.5 Å². The van der Waals surface area contributed by atoms with E-state index in [-0.39, 0.29) is 0 Å². The van der Waals surface area contributed by atoms with Crippen LogP contribution in [-0.4, -0.2) is 49.1 Å². The monoisotopic (exact) mass is 368 g/mol. The van der Waals surface area contributed by atoms with Gasteiger partial charge in [0.05, 0.1) is 12.6 Å². The number of hydrogen-bond acceptors (Lipinski definition) is 5. The van der Waals surface area contributed by atoms with Gasteiger partial charge >= 0.3 is 0 Å². The molecular weight excluding hydrogens is 336 g/mol. The summed E-state index contributed by atoms with van der Waals surface area (Å²) in [5, 5.41) is 0. The van der Waals surface area contributed by atoms with Gasteiger partial charge in [-0.15, -0.1) is 0 Å². The largest absolute Gasteiger partial charge is 0.463 e. The van der Waals surface area contributed by atoms with Crippen molar-refractivity contribution in [3.05, 3.63) is 59.5 Å². The molecule has 2 aliphatic heterocycles. The Bertz CT molecular complexity index is 687. The van der Waals surface area contributed by atoms with Gasteiger partial charge in [-0.05, 0) is 63.5 Å². The van der Waals surface area contributed by atoms with Crippen LogP contribution in [0, 0.1) is 0 Å². The second-order valence-corrected chi connectivity index (χ2v) is 7.96. The minimum absolute atomic E-state index is 0.305. The molecule has 5 heteroatoms. The average Bonchev–Trinajstić information content (AvgIpc) is 3.38. The third-order valence-corrected chi connectivity index (χ3v) is 5.95. The van der Waals surface area contributed by atoms with Crippen molar-refractivity contribution in [2.24, 2.45) is 0 Å². The molecule has 2 saturated heterocycles. The number of benzene rings is 1. The van der Waals surface area contributed by atoms with Crippen molar-refractivity contribution in [1.29, 1.82) is 0 Å². The number of hydrazine groups is 1. The lowest BCUT2D eigenvalue weighted by Gasteiger charge is -2.37. The Kier molecular flexibility index (Phi) is 6.24. The Labute approximate surface area is 162 Å². The van der Waals surface area contributed by atoms with Crippen LogP contribution in [0.15, 0.2) is 46.9 Å². The highest BCUT2D eigenvalue weighted by atomic mass is 16.3. The summed E-state index contributed by atoms with van der Waals surface area (Å²) in [7, 11) is 2.23. The minimum atomic E-state index is 0.305. The van der Waals surface area contributed by atoms with Gasteiger partial charge in [-0.2, -0.15) is 0 Å². The number of nitrogens with one attached hydrogen (secondary N) is 2. The fraction of sp³-hybridized carbons (Fsp3) is 0.545. The maximum absolute atomic E-state index is 6.21.